The van der Waals surface area contributed by atoms with E-state index in [0.717, 1.165) is 39.1 Å². The molecule has 0 saturated heterocycles. The Balaban J connectivity index is 3.18. The molecule has 4 heteroatoms. The third kappa shape index (κ3) is 8.68. The molecule has 0 saturated carbocycles. The van der Waals surface area contributed by atoms with Crippen molar-refractivity contribution >= 4 is 5.91 Å². The molecule has 0 spiro atoms. The van der Waals surface area contributed by atoms with E-state index in [1.165, 1.54) is 6.42 Å². The first-order valence-corrected chi connectivity index (χ1v) is 6.38. The van der Waals surface area contributed by atoms with E-state index >= 15 is 0 Å². The molecule has 0 aliphatic carbocycles. The minimum absolute atomic E-state index is 0.130. The quantitative estimate of drug-likeness (QED) is 0.546. The molecule has 0 rings (SSSR count). The van der Waals surface area contributed by atoms with E-state index < -0.39 is 0 Å². The number of rotatable bonds is 10. The van der Waals surface area contributed by atoms with Crippen LogP contribution in [0.1, 0.15) is 33.1 Å². The van der Waals surface area contributed by atoms with Gasteiger partial charge in [0.1, 0.15) is 0 Å². The third-order valence-electron chi connectivity index (χ3n) is 2.76. The lowest BCUT2D eigenvalue weighted by atomic mass is 10.3. The predicted molar refractivity (Wildman–Crippen MR) is 68.6 cm³/mol. The lowest BCUT2D eigenvalue weighted by molar-refractivity contribution is -0.120. The van der Waals surface area contributed by atoms with Crippen LogP contribution in [0, 0.1) is 0 Å². The summed E-state index contributed by atoms with van der Waals surface area (Å²) in [6, 6.07) is 0. The summed E-state index contributed by atoms with van der Waals surface area (Å²) in [5.41, 5.74) is 0. The van der Waals surface area contributed by atoms with Gasteiger partial charge < -0.3 is 15.5 Å². The molecule has 96 valence electrons. The van der Waals surface area contributed by atoms with Crippen LogP contribution in [0.15, 0.2) is 0 Å². The first kappa shape index (κ1) is 15.4. The standard InChI is InChI=1S/C12H27N3O/c1-4-15(5-2)11-7-10-14-9-6-8-12(16)13-3/h14H,4-11H2,1-3H3,(H,13,16). The van der Waals surface area contributed by atoms with Crippen molar-refractivity contribution < 1.29 is 4.79 Å². The molecule has 16 heavy (non-hydrogen) atoms. The van der Waals surface area contributed by atoms with Crippen LogP contribution in [0.3, 0.4) is 0 Å². The molecular formula is C12H27N3O. The smallest absolute Gasteiger partial charge is 0.219 e. The fraction of sp³-hybridized carbons (Fsp3) is 0.917. The van der Waals surface area contributed by atoms with Gasteiger partial charge in [0.2, 0.25) is 5.91 Å². The minimum Gasteiger partial charge on any atom is -0.359 e. The second kappa shape index (κ2) is 10.9. The summed E-state index contributed by atoms with van der Waals surface area (Å²) in [7, 11) is 1.68. The van der Waals surface area contributed by atoms with Gasteiger partial charge in [0.05, 0.1) is 0 Å². The zero-order valence-corrected chi connectivity index (χ0v) is 11.0. The summed E-state index contributed by atoms with van der Waals surface area (Å²) >= 11 is 0. The van der Waals surface area contributed by atoms with Gasteiger partial charge in [0, 0.05) is 13.5 Å². The Labute approximate surface area is 99.8 Å². The fourth-order valence-electron chi connectivity index (χ4n) is 1.59. The molecule has 0 atom stereocenters. The van der Waals surface area contributed by atoms with Crippen LogP contribution in [-0.2, 0) is 4.79 Å². The molecular weight excluding hydrogens is 202 g/mol. The number of amides is 1. The van der Waals surface area contributed by atoms with E-state index in [2.05, 4.69) is 29.4 Å². The normalized spacial score (nSPS) is 10.8. The van der Waals surface area contributed by atoms with E-state index in [9.17, 15) is 4.79 Å². The number of carbonyl (C=O) groups is 1. The van der Waals surface area contributed by atoms with Gasteiger partial charge in [-0.1, -0.05) is 13.8 Å². The highest BCUT2D eigenvalue weighted by Gasteiger charge is 1.98. The summed E-state index contributed by atoms with van der Waals surface area (Å²) in [5.74, 6) is 0.130. The van der Waals surface area contributed by atoms with Crippen molar-refractivity contribution in [3.05, 3.63) is 0 Å². The van der Waals surface area contributed by atoms with Gasteiger partial charge in [0.15, 0.2) is 0 Å². The maximum atomic E-state index is 10.9. The number of carbonyl (C=O) groups excluding carboxylic acids is 1. The van der Waals surface area contributed by atoms with Gasteiger partial charge in [-0.3, -0.25) is 4.79 Å². The molecule has 0 aromatic rings. The van der Waals surface area contributed by atoms with E-state index in [4.69, 9.17) is 0 Å². The molecule has 1 amide bonds. The van der Waals surface area contributed by atoms with Crippen LogP contribution < -0.4 is 10.6 Å². The zero-order valence-electron chi connectivity index (χ0n) is 11.0. The zero-order chi connectivity index (χ0) is 12.2. The summed E-state index contributed by atoms with van der Waals surface area (Å²) in [6.07, 6.45) is 2.73. The second-order valence-corrected chi connectivity index (χ2v) is 3.91. The first-order chi connectivity index (χ1) is 7.74. The fourth-order valence-corrected chi connectivity index (χ4v) is 1.59. The van der Waals surface area contributed by atoms with Crippen molar-refractivity contribution in [3.63, 3.8) is 0 Å². The van der Waals surface area contributed by atoms with Crippen LogP contribution in [0.25, 0.3) is 0 Å². The molecule has 0 aromatic heterocycles. The molecule has 0 fully saturated rings. The molecule has 2 N–H and O–H groups in total. The van der Waals surface area contributed by atoms with E-state index in [0.29, 0.717) is 6.42 Å². The third-order valence-corrected chi connectivity index (χ3v) is 2.76. The molecule has 0 radical (unpaired) electrons. The molecule has 0 aromatic carbocycles. The summed E-state index contributed by atoms with van der Waals surface area (Å²) in [4.78, 5) is 13.3. The summed E-state index contributed by atoms with van der Waals surface area (Å²) in [6.45, 7) is 9.80. The van der Waals surface area contributed by atoms with Gasteiger partial charge >= 0.3 is 0 Å². The van der Waals surface area contributed by atoms with Crippen LogP contribution in [0.4, 0.5) is 0 Å². The first-order valence-electron chi connectivity index (χ1n) is 6.38. The highest BCUT2D eigenvalue weighted by molar-refractivity contribution is 5.75. The van der Waals surface area contributed by atoms with Crippen LogP contribution in [0.5, 0.6) is 0 Å². The van der Waals surface area contributed by atoms with Crippen LogP contribution in [0.2, 0.25) is 0 Å². The monoisotopic (exact) mass is 229 g/mol. The topological polar surface area (TPSA) is 44.4 Å². The van der Waals surface area contributed by atoms with Gasteiger partial charge in [-0.15, -0.1) is 0 Å². The Kier molecular flexibility index (Phi) is 10.5. The Morgan fingerprint density at radius 1 is 1.12 bits per heavy atom. The van der Waals surface area contributed by atoms with Crippen molar-refractivity contribution in [2.45, 2.75) is 33.1 Å². The molecule has 4 nitrogen and oxygen atoms in total. The van der Waals surface area contributed by atoms with Crippen molar-refractivity contribution in [1.29, 1.82) is 0 Å². The van der Waals surface area contributed by atoms with Crippen LogP contribution in [-0.4, -0.2) is 50.6 Å². The number of nitrogens with one attached hydrogen (secondary N) is 2. The Hall–Kier alpha value is -0.610. The maximum absolute atomic E-state index is 10.9. The van der Waals surface area contributed by atoms with Gasteiger partial charge in [0.25, 0.3) is 0 Å². The van der Waals surface area contributed by atoms with Crippen LogP contribution >= 0.6 is 0 Å². The largest absolute Gasteiger partial charge is 0.359 e. The van der Waals surface area contributed by atoms with Crippen molar-refractivity contribution in [1.82, 2.24) is 15.5 Å². The van der Waals surface area contributed by atoms with E-state index in [-0.39, 0.29) is 5.91 Å². The average Bonchev–Trinajstić information content (AvgIpc) is 2.32. The number of hydrogen-bond acceptors (Lipinski definition) is 3. The average molecular weight is 229 g/mol. The van der Waals surface area contributed by atoms with Crippen molar-refractivity contribution in [3.8, 4) is 0 Å². The van der Waals surface area contributed by atoms with Gasteiger partial charge in [-0.05, 0) is 45.6 Å². The summed E-state index contributed by atoms with van der Waals surface area (Å²) < 4.78 is 0. The Morgan fingerprint density at radius 2 is 1.75 bits per heavy atom. The van der Waals surface area contributed by atoms with E-state index in [1.807, 2.05) is 0 Å². The highest BCUT2D eigenvalue weighted by Crippen LogP contribution is 1.90. The Bertz CT molecular complexity index is 170. The molecule has 0 aliphatic rings. The Morgan fingerprint density at radius 3 is 2.31 bits per heavy atom. The lowest BCUT2D eigenvalue weighted by Gasteiger charge is -2.17. The van der Waals surface area contributed by atoms with Gasteiger partial charge in [-0.25, -0.2) is 0 Å². The number of hydrogen-bond donors (Lipinski definition) is 2. The van der Waals surface area contributed by atoms with E-state index in [1.54, 1.807) is 7.05 Å². The molecule has 0 heterocycles. The predicted octanol–water partition coefficient (Wildman–Crippen LogP) is 0.834. The number of nitrogens with zero attached hydrogens (tertiary/aromatic N) is 1. The van der Waals surface area contributed by atoms with Crippen molar-refractivity contribution in [2.24, 2.45) is 0 Å². The summed E-state index contributed by atoms with van der Waals surface area (Å²) in [5, 5.41) is 5.99. The second-order valence-electron chi connectivity index (χ2n) is 3.91. The highest BCUT2D eigenvalue weighted by atomic mass is 16.1. The minimum atomic E-state index is 0.130. The molecule has 0 unspecified atom stereocenters. The molecule has 0 bridgehead atoms. The van der Waals surface area contributed by atoms with Gasteiger partial charge in [-0.2, -0.15) is 0 Å². The van der Waals surface area contributed by atoms with Crippen molar-refractivity contribution in [2.75, 3.05) is 39.8 Å². The molecule has 0 aliphatic heterocycles. The maximum Gasteiger partial charge on any atom is 0.219 e. The SMILES string of the molecule is CCN(CC)CCCNCCCC(=O)NC. The lowest BCUT2D eigenvalue weighted by Crippen LogP contribution is -2.27.